The minimum atomic E-state index is -0.725. The molecule has 1 aromatic carbocycles. The zero-order valence-electron chi connectivity index (χ0n) is 8.80. The molecule has 0 fully saturated rings. The van der Waals surface area contributed by atoms with Crippen molar-refractivity contribution in [3.05, 3.63) is 29.1 Å². The van der Waals surface area contributed by atoms with E-state index in [1.165, 1.54) is 12.1 Å². The van der Waals surface area contributed by atoms with Crippen molar-refractivity contribution in [3.8, 4) is 6.07 Å². The van der Waals surface area contributed by atoms with E-state index in [9.17, 15) is 9.50 Å². The van der Waals surface area contributed by atoms with E-state index in [-0.39, 0.29) is 12.4 Å². The Balaban J connectivity index is 2.91. The number of aryl methyl sites for hydroxylation is 1. The maximum Gasteiger partial charge on any atom is 0.125 e. The average molecular weight is 243 g/mol. The lowest BCUT2D eigenvalue weighted by atomic mass is 10.1. The van der Waals surface area contributed by atoms with Crippen LogP contribution in [0, 0.1) is 24.1 Å². The minimum Gasteiger partial charge on any atom is -0.390 e. The molecule has 0 radical (unpaired) electrons. The van der Waals surface area contributed by atoms with Crippen LogP contribution in [0.4, 0.5) is 10.1 Å². The molecular weight excluding hydrogens is 231 g/mol. The third-order valence-electron chi connectivity index (χ3n) is 2.12. The molecule has 0 aliphatic rings. The molecule has 2 N–H and O–H groups in total. The molecule has 0 heterocycles. The summed E-state index contributed by atoms with van der Waals surface area (Å²) in [5.74, 6) is -0.331. The molecule has 0 saturated carbocycles. The molecule has 0 bridgehead atoms. The molecule has 3 nitrogen and oxygen atoms in total. The van der Waals surface area contributed by atoms with Gasteiger partial charge in [0.15, 0.2) is 0 Å². The van der Waals surface area contributed by atoms with Gasteiger partial charge in [0.1, 0.15) is 11.9 Å². The van der Waals surface area contributed by atoms with Crippen molar-refractivity contribution in [1.82, 2.24) is 0 Å². The number of hydrogen-bond acceptors (Lipinski definition) is 3. The highest BCUT2D eigenvalue weighted by Crippen LogP contribution is 2.20. The van der Waals surface area contributed by atoms with Gasteiger partial charge >= 0.3 is 0 Å². The van der Waals surface area contributed by atoms with Gasteiger partial charge in [-0.15, -0.1) is 11.6 Å². The van der Waals surface area contributed by atoms with E-state index in [0.29, 0.717) is 16.8 Å². The average Bonchev–Trinajstić information content (AvgIpc) is 2.25. The number of nitrogens with zero attached hydrogens (tertiary/aromatic N) is 1. The fourth-order valence-electron chi connectivity index (χ4n) is 1.31. The molecule has 5 heteroatoms. The first-order valence-electron chi connectivity index (χ1n) is 4.76. The highest BCUT2D eigenvalue weighted by Gasteiger charge is 2.09. The molecular formula is C11H12ClFN2O. The van der Waals surface area contributed by atoms with E-state index in [1.54, 1.807) is 6.92 Å². The lowest BCUT2D eigenvalue weighted by Crippen LogP contribution is -2.21. The van der Waals surface area contributed by atoms with Gasteiger partial charge in [-0.1, -0.05) is 0 Å². The van der Waals surface area contributed by atoms with E-state index < -0.39 is 11.9 Å². The normalized spacial score (nSPS) is 11.9. The maximum absolute atomic E-state index is 13.1. The SMILES string of the molecule is Cc1cc(F)cc(NCC(O)CCl)c1C#N. The Hall–Kier alpha value is -1.31. The van der Waals surface area contributed by atoms with Crippen LogP contribution in [0.1, 0.15) is 11.1 Å². The standard InChI is InChI=1S/C11H12ClFN2O/c1-7-2-8(13)3-11(10(7)5-14)15-6-9(16)4-12/h2-3,9,15-16H,4,6H2,1H3. The molecule has 0 saturated heterocycles. The number of nitriles is 1. The Bertz CT molecular complexity index is 417. The summed E-state index contributed by atoms with van der Waals surface area (Å²) in [6.07, 6.45) is -0.725. The number of halogens is 2. The van der Waals surface area contributed by atoms with Crippen molar-refractivity contribution in [1.29, 1.82) is 5.26 Å². The van der Waals surface area contributed by atoms with Crippen LogP contribution in [0.2, 0.25) is 0 Å². The van der Waals surface area contributed by atoms with Gasteiger partial charge < -0.3 is 10.4 Å². The van der Waals surface area contributed by atoms with Crippen LogP contribution in [0.5, 0.6) is 0 Å². The fraction of sp³-hybridized carbons (Fsp3) is 0.364. The summed E-state index contributed by atoms with van der Waals surface area (Å²) in [4.78, 5) is 0. The Kier molecular flexibility index (Phi) is 4.53. The number of alkyl halides is 1. The van der Waals surface area contributed by atoms with Gasteiger partial charge in [0, 0.05) is 6.54 Å². The zero-order chi connectivity index (χ0) is 12.1. The quantitative estimate of drug-likeness (QED) is 0.795. The summed E-state index contributed by atoms with van der Waals surface area (Å²) in [5, 5.41) is 21.0. The van der Waals surface area contributed by atoms with Gasteiger partial charge in [-0.05, 0) is 24.6 Å². The highest BCUT2D eigenvalue weighted by atomic mass is 35.5. The van der Waals surface area contributed by atoms with Crippen molar-refractivity contribution < 1.29 is 9.50 Å². The van der Waals surface area contributed by atoms with Crippen molar-refractivity contribution in [2.75, 3.05) is 17.7 Å². The molecule has 1 aromatic rings. The number of nitrogens with one attached hydrogen (secondary N) is 1. The molecule has 0 aromatic heterocycles. The highest BCUT2D eigenvalue weighted by molar-refractivity contribution is 6.18. The van der Waals surface area contributed by atoms with E-state index >= 15 is 0 Å². The van der Waals surface area contributed by atoms with E-state index in [4.69, 9.17) is 16.9 Å². The predicted molar refractivity (Wildman–Crippen MR) is 61.1 cm³/mol. The third kappa shape index (κ3) is 3.09. The first kappa shape index (κ1) is 12.8. The summed E-state index contributed by atoms with van der Waals surface area (Å²) in [5.41, 5.74) is 1.32. The Morgan fingerprint density at radius 1 is 1.62 bits per heavy atom. The van der Waals surface area contributed by atoms with Crippen molar-refractivity contribution in [2.45, 2.75) is 13.0 Å². The van der Waals surface area contributed by atoms with E-state index in [2.05, 4.69) is 5.32 Å². The second kappa shape index (κ2) is 5.69. The second-order valence-electron chi connectivity index (χ2n) is 3.45. The molecule has 1 rings (SSSR count). The summed E-state index contributed by atoms with van der Waals surface area (Å²) < 4.78 is 13.1. The van der Waals surface area contributed by atoms with Crippen LogP contribution in [0.3, 0.4) is 0 Å². The van der Waals surface area contributed by atoms with Crippen molar-refractivity contribution >= 4 is 17.3 Å². The molecule has 86 valence electrons. The monoisotopic (exact) mass is 242 g/mol. The van der Waals surface area contributed by atoms with Gasteiger partial charge in [0.2, 0.25) is 0 Å². The lowest BCUT2D eigenvalue weighted by Gasteiger charge is -2.12. The summed E-state index contributed by atoms with van der Waals surface area (Å²) in [7, 11) is 0. The fourth-order valence-corrected chi connectivity index (χ4v) is 1.42. The van der Waals surface area contributed by atoms with Crippen LogP contribution in [0.15, 0.2) is 12.1 Å². The number of aliphatic hydroxyl groups is 1. The minimum absolute atomic E-state index is 0.0865. The lowest BCUT2D eigenvalue weighted by molar-refractivity contribution is 0.211. The second-order valence-corrected chi connectivity index (χ2v) is 3.75. The molecule has 1 atom stereocenters. The first-order chi connectivity index (χ1) is 7.58. The van der Waals surface area contributed by atoms with Gasteiger partial charge in [-0.2, -0.15) is 5.26 Å². The molecule has 1 unspecified atom stereocenters. The predicted octanol–water partition coefficient (Wildman–Crippen LogP) is 2.02. The van der Waals surface area contributed by atoms with Crippen LogP contribution in [0.25, 0.3) is 0 Å². The Morgan fingerprint density at radius 3 is 2.88 bits per heavy atom. The van der Waals surface area contributed by atoms with E-state index in [1.807, 2.05) is 6.07 Å². The largest absolute Gasteiger partial charge is 0.390 e. The van der Waals surface area contributed by atoms with Gasteiger partial charge in [0.05, 0.1) is 23.2 Å². The van der Waals surface area contributed by atoms with Gasteiger partial charge in [-0.3, -0.25) is 0 Å². The smallest absolute Gasteiger partial charge is 0.125 e. The number of rotatable bonds is 4. The molecule has 0 aliphatic heterocycles. The molecule has 16 heavy (non-hydrogen) atoms. The molecule has 0 aliphatic carbocycles. The van der Waals surface area contributed by atoms with Crippen LogP contribution < -0.4 is 5.32 Å². The molecule has 0 amide bonds. The Labute approximate surface area is 98.5 Å². The Morgan fingerprint density at radius 2 is 2.31 bits per heavy atom. The van der Waals surface area contributed by atoms with Crippen LogP contribution in [-0.4, -0.2) is 23.6 Å². The van der Waals surface area contributed by atoms with Crippen LogP contribution >= 0.6 is 11.6 Å². The van der Waals surface area contributed by atoms with Crippen molar-refractivity contribution in [3.63, 3.8) is 0 Å². The van der Waals surface area contributed by atoms with Gasteiger partial charge in [0.25, 0.3) is 0 Å². The zero-order valence-corrected chi connectivity index (χ0v) is 9.55. The first-order valence-corrected chi connectivity index (χ1v) is 5.30. The number of benzene rings is 1. The van der Waals surface area contributed by atoms with Gasteiger partial charge in [-0.25, -0.2) is 4.39 Å². The summed E-state index contributed by atoms with van der Waals surface area (Å²) in [6.45, 7) is 1.84. The third-order valence-corrected chi connectivity index (χ3v) is 2.47. The summed E-state index contributed by atoms with van der Waals surface area (Å²) in [6, 6.07) is 4.51. The maximum atomic E-state index is 13.1. The number of hydrogen-bond donors (Lipinski definition) is 2. The topological polar surface area (TPSA) is 56.0 Å². The summed E-state index contributed by atoms with van der Waals surface area (Å²) >= 11 is 5.43. The number of aliphatic hydroxyl groups excluding tert-OH is 1. The van der Waals surface area contributed by atoms with Crippen LogP contribution in [-0.2, 0) is 0 Å². The number of anilines is 1. The van der Waals surface area contributed by atoms with E-state index in [0.717, 1.165) is 0 Å². The van der Waals surface area contributed by atoms with Crippen molar-refractivity contribution in [2.24, 2.45) is 0 Å². The molecule has 0 spiro atoms.